The highest BCUT2D eigenvalue weighted by molar-refractivity contribution is 7.17. The minimum absolute atomic E-state index is 0.904. The predicted octanol–water partition coefficient (Wildman–Crippen LogP) is 3.58. The lowest BCUT2D eigenvalue weighted by Crippen LogP contribution is -1.81. The van der Waals surface area contributed by atoms with Crippen molar-refractivity contribution in [2.75, 3.05) is 0 Å². The Morgan fingerprint density at radius 1 is 0.833 bits per heavy atom. The minimum Gasteiger partial charge on any atom is -0.261 e. The van der Waals surface area contributed by atoms with Gasteiger partial charge in [0, 0.05) is 23.0 Å². The Kier molecular flexibility index (Phi) is 2.86. The predicted molar refractivity (Wildman–Crippen MR) is 73.3 cm³/mol. The molecule has 0 saturated carbocycles. The fourth-order valence-electron chi connectivity index (χ4n) is 1.63. The molecule has 0 amide bonds. The van der Waals surface area contributed by atoms with Crippen molar-refractivity contribution in [3.05, 3.63) is 54.4 Å². The van der Waals surface area contributed by atoms with E-state index in [1.165, 1.54) is 0 Å². The number of aromatic nitrogens is 3. The van der Waals surface area contributed by atoms with Gasteiger partial charge < -0.3 is 0 Å². The molecule has 2 aromatic heterocycles. The molecular weight excluding hydrogens is 242 g/mol. The van der Waals surface area contributed by atoms with E-state index in [0.717, 1.165) is 26.8 Å². The van der Waals surface area contributed by atoms with Crippen LogP contribution in [-0.2, 0) is 0 Å². The second-order valence-electron chi connectivity index (χ2n) is 3.97. The third kappa shape index (κ3) is 2.15. The summed E-state index contributed by atoms with van der Waals surface area (Å²) in [6.45, 7) is 1.97. The Morgan fingerprint density at radius 2 is 1.56 bits per heavy atom. The lowest BCUT2D eigenvalue weighted by atomic mass is 10.2. The lowest BCUT2D eigenvalue weighted by molar-refractivity contribution is 1.09. The van der Waals surface area contributed by atoms with Gasteiger partial charge in [-0.2, -0.15) is 0 Å². The summed E-state index contributed by atoms with van der Waals surface area (Å²) in [7, 11) is 0. The topological polar surface area (TPSA) is 38.7 Å². The highest BCUT2D eigenvalue weighted by atomic mass is 32.1. The van der Waals surface area contributed by atoms with E-state index in [-0.39, 0.29) is 0 Å². The number of aryl methyl sites for hydroxylation is 1. The quantitative estimate of drug-likeness (QED) is 0.700. The van der Waals surface area contributed by atoms with Gasteiger partial charge in [-0.15, -0.1) is 10.2 Å². The van der Waals surface area contributed by atoms with Crippen molar-refractivity contribution >= 4 is 11.3 Å². The summed E-state index contributed by atoms with van der Waals surface area (Å²) >= 11 is 1.58. The Morgan fingerprint density at radius 3 is 2.22 bits per heavy atom. The van der Waals surface area contributed by atoms with Gasteiger partial charge in [-0.3, -0.25) is 4.98 Å². The molecule has 88 valence electrons. The van der Waals surface area contributed by atoms with Crippen LogP contribution >= 0.6 is 11.3 Å². The van der Waals surface area contributed by atoms with Gasteiger partial charge in [0.15, 0.2) is 0 Å². The van der Waals surface area contributed by atoms with Crippen LogP contribution in [0.3, 0.4) is 0 Å². The van der Waals surface area contributed by atoms with Gasteiger partial charge in [-0.05, 0) is 19.1 Å². The molecule has 3 rings (SSSR count). The highest BCUT2D eigenvalue weighted by Crippen LogP contribution is 2.29. The minimum atomic E-state index is 0.904. The van der Waals surface area contributed by atoms with Crippen LogP contribution in [0.4, 0.5) is 0 Å². The lowest BCUT2D eigenvalue weighted by Gasteiger charge is -1.95. The van der Waals surface area contributed by atoms with Gasteiger partial charge in [-0.25, -0.2) is 0 Å². The molecule has 4 heteroatoms. The molecule has 0 aliphatic rings. The van der Waals surface area contributed by atoms with E-state index in [2.05, 4.69) is 15.2 Å². The molecule has 0 aliphatic heterocycles. The standard InChI is InChI=1S/C14H11N3S/c1-10-7-8-12(9-15-10)14-17-16-13(18-14)11-5-3-2-4-6-11/h2-9H,1H3. The van der Waals surface area contributed by atoms with Gasteiger partial charge in [0.05, 0.1) is 0 Å². The van der Waals surface area contributed by atoms with Crippen molar-refractivity contribution in [2.45, 2.75) is 6.92 Å². The molecule has 0 N–H and O–H groups in total. The maximum absolute atomic E-state index is 4.28. The Balaban J connectivity index is 1.97. The number of nitrogens with zero attached hydrogens (tertiary/aromatic N) is 3. The first-order chi connectivity index (χ1) is 8.83. The van der Waals surface area contributed by atoms with Gasteiger partial charge in [0.2, 0.25) is 0 Å². The number of rotatable bonds is 2. The van der Waals surface area contributed by atoms with Crippen molar-refractivity contribution < 1.29 is 0 Å². The van der Waals surface area contributed by atoms with Crippen LogP contribution in [0.1, 0.15) is 5.69 Å². The van der Waals surface area contributed by atoms with Crippen LogP contribution < -0.4 is 0 Å². The van der Waals surface area contributed by atoms with E-state index in [1.807, 2.05) is 55.6 Å². The summed E-state index contributed by atoms with van der Waals surface area (Å²) in [5, 5.41) is 10.3. The molecule has 1 aromatic carbocycles. The molecule has 0 spiro atoms. The molecule has 18 heavy (non-hydrogen) atoms. The SMILES string of the molecule is Cc1ccc(-c2nnc(-c3ccccc3)s2)cn1. The van der Waals surface area contributed by atoms with E-state index >= 15 is 0 Å². The van der Waals surface area contributed by atoms with Crippen LogP contribution in [-0.4, -0.2) is 15.2 Å². The third-order valence-corrected chi connectivity index (χ3v) is 3.63. The molecule has 0 saturated heterocycles. The normalized spacial score (nSPS) is 10.5. The summed E-state index contributed by atoms with van der Waals surface area (Å²) in [6, 6.07) is 14.1. The third-order valence-electron chi connectivity index (χ3n) is 2.60. The molecular formula is C14H11N3S. The van der Waals surface area contributed by atoms with Crippen LogP contribution in [0.5, 0.6) is 0 Å². The summed E-state index contributed by atoms with van der Waals surface area (Å²) in [5.74, 6) is 0. The maximum atomic E-state index is 4.28. The first kappa shape index (κ1) is 11.0. The second kappa shape index (κ2) is 4.66. The van der Waals surface area contributed by atoms with Gasteiger partial charge >= 0.3 is 0 Å². The van der Waals surface area contributed by atoms with Crippen molar-refractivity contribution in [1.29, 1.82) is 0 Å². The van der Waals surface area contributed by atoms with Crippen molar-refractivity contribution in [3.63, 3.8) is 0 Å². The van der Waals surface area contributed by atoms with Crippen molar-refractivity contribution in [3.8, 4) is 21.1 Å². The molecule has 2 heterocycles. The second-order valence-corrected chi connectivity index (χ2v) is 4.94. The van der Waals surface area contributed by atoms with Crippen LogP contribution in [0.15, 0.2) is 48.7 Å². The smallest absolute Gasteiger partial charge is 0.149 e. The monoisotopic (exact) mass is 253 g/mol. The zero-order valence-electron chi connectivity index (χ0n) is 9.87. The zero-order valence-corrected chi connectivity index (χ0v) is 10.7. The maximum Gasteiger partial charge on any atom is 0.149 e. The summed E-state index contributed by atoms with van der Waals surface area (Å²) in [5.41, 5.74) is 3.12. The van der Waals surface area contributed by atoms with E-state index in [0.29, 0.717) is 0 Å². The number of hydrogen-bond donors (Lipinski definition) is 0. The molecule has 0 unspecified atom stereocenters. The van der Waals surface area contributed by atoms with Gasteiger partial charge in [-0.1, -0.05) is 41.7 Å². The Bertz CT molecular complexity index is 644. The fourth-order valence-corrected chi connectivity index (χ4v) is 2.47. The molecule has 3 aromatic rings. The van der Waals surface area contributed by atoms with Crippen LogP contribution in [0, 0.1) is 6.92 Å². The van der Waals surface area contributed by atoms with Gasteiger partial charge in [0.1, 0.15) is 10.0 Å². The van der Waals surface area contributed by atoms with Crippen molar-refractivity contribution in [2.24, 2.45) is 0 Å². The fraction of sp³-hybridized carbons (Fsp3) is 0.0714. The first-order valence-electron chi connectivity index (χ1n) is 5.65. The molecule has 0 aliphatic carbocycles. The van der Waals surface area contributed by atoms with E-state index in [1.54, 1.807) is 11.3 Å². The molecule has 0 fully saturated rings. The Labute approximate surface area is 109 Å². The van der Waals surface area contributed by atoms with E-state index in [4.69, 9.17) is 0 Å². The van der Waals surface area contributed by atoms with E-state index in [9.17, 15) is 0 Å². The average Bonchev–Trinajstić information content (AvgIpc) is 2.90. The molecule has 0 atom stereocenters. The first-order valence-corrected chi connectivity index (χ1v) is 6.46. The highest BCUT2D eigenvalue weighted by Gasteiger charge is 2.08. The summed E-state index contributed by atoms with van der Waals surface area (Å²) < 4.78 is 0. The molecule has 0 radical (unpaired) electrons. The largest absolute Gasteiger partial charge is 0.261 e. The molecule has 3 nitrogen and oxygen atoms in total. The summed E-state index contributed by atoms with van der Waals surface area (Å²) in [4.78, 5) is 4.28. The zero-order chi connectivity index (χ0) is 12.4. The van der Waals surface area contributed by atoms with Crippen molar-refractivity contribution in [1.82, 2.24) is 15.2 Å². The number of pyridine rings is 1. The Hall–Kier alpha value is -2.07. The van der Waals surface area contributed by atoms with E-state index < -0.39 is 0 Å². The number of hydrogen-bond acceptors (Lipinski definition) is 4. The van der Waals surface area contributed by atoms with Crippen LogP contribution in [0.25, 0.3) is 21.1 Å². The molecule has 0 bridgehead atoms. The van der Waals surface area contributed by atoms with Gasteiger partial charge in [0.25, 0.3) is 0 Å². The average molecular weight is 253 g/mol. The number of benzene rings is 1. The summed E-state index contributed by atoms with van der Waals surface area (Å²) in [6.07, 6.45) is 1.84. The van der Waals surface area contributed by atoms with Crippen LogP contribution in [0.2, 0.25) is 0 Å².